The predicted molar refractivity (Wildman–Crippen MR) is 174 cm³/mol. The zero-order valence-electron chi connectivity index (χ0n) is 28.8. The molecule has 9 atom stereocenters. The van der Waals surface area contributed by atoms with Crippen LogP contribution in [0.2, 0.25) is 12.1 Å². The third kappa shape index (κ3) is 5.56. The van der Waals surface area contributed by atoms with Crippen LogP contribution in [-0.2, 0) is 28.3 Å². The van der Waals surface area contributed by atoms with Crippen molar-refractivity contribution in [1.82, 2.24) is 0 Å². The van der Waals surface area contributed by atoms with Crippen LogP contribution in [-0.4, -0.2) is 72.7 Å². The molecular weight excluding hydrogens is 604 g/mol. The molecule has 3 fully saturated rings. The molecule has 4 aliphatic rings. The minimum absolute atomic E-state index is 0.0236. The highest BCUT2D eigenvalue weighted by Gasteiger charge is 2.77. The molecule has 0 spiro atoms. The van der Waals surface area contributed by atoms with Gasteiger partial charge in [0, 0.05) is 30.1 Å². The lowest BCUT2D eigenvalue weighted by Crippen LogP contribution is -2.80. The molecule has 1 saturated heterocycles. The molecule has 0 amide bonds. The van der Waals surface area contributed by atoms with Gasteiger partial charge in [0.25, 0.3) is 8.68 Å². The molecule has 1 aromatic carbocycles. The van der Waals surface area contributed by atoms with E-state index in [-0.39, 0.29) is 24.7 Å². The van der Waals surface area contributed by atoms with Crippen molar-refractivity contribution in [1.29, 1.82) is 0 Å². The number of fused-ring (bicyclic) bond motifs is 5. The number of benzene rings is 1. The summed E-state index contributed by atoms with van der Waals surface area (Å²) < 4.78 is 28.8. The minimum Gasteiger partial charge on any atom is -0.455 e. The summed E-state index contributed by atoms with van der Waals surface area (Å²) in [6.45, 7) is 16.5. The van der Waals surface area contributed by atoms with E-state index >= 15 is 0 Å². The number of hydrogen-bond acceptors (Lipinski definition) is 9. The van der Waals surface area contributed by atoms with Crippen LogP contribution >= 0.6 is 0 Å². The molecule has 0 unspecified atom stereocenters. The summed E-state index contributed by atoms with van der Waals surface area (Å²) in [6.07, 6.45) is -1.82. The Bertz CT molecular complexity index is 1380. The van der Waals surface area contributed by atoms with Gasteiger partial charge in [0.05, 0.1) is 24.2 Å². The van der Waals surface area contributed by atoms with Gasteiger partial charge in [-0.1, -0.05) is 73.1 Å². The monoisotopic (exact) mass is 656 g/mol. The van der Waals surface area contributed by atoms with Gasteiger partial charge in [0.15, 0.2) is 5.60 Å². The van der Waals surface area contributed by atoms with Crippen LogP contribution in [0.4, 0.5) is 0 Å². The van der Waals surface area contributed by atoms with Gasteiger partial charge in [0.2, 0.25) is 0 Å². The van der Waals surface area contributed by atoms with Crippen LogP contribution < -0.4 is 0 Å². The minimum atomic E-state index is -1.80. The second kappa shape index (κ2) is 13.2. The number of aliphatic hydroxyl groups is 2. The van der Waals surface area contributed by atoms with Crippen molar-refractivity contribution < 1.29 is 43.3 Å². The highest BCUT2D eigenvalue weighted by atomic mass is 28.3. The van der Waals surface area contributed by atoms with E-state index < -0.39 is 72.8 Å². The molecule has 1 aliphatic heterocycles. The van der Waals surface area contributed by atoms with Crippen LogP contribution in [0.15, 0.2) is 41.5 Å². The topological polar surface area (TPSA) is 136 Å². The normalized spacial score (nSPS) is 37.6. The second-order valence-electron chi connectivity index (χ2n) is 14.3. The van der Waals surface area contributed by atoms with Gasteiger partial charge in [-0.15, -0.1) is 0 Å². The molecular formula is C36H52O9Si. The molecule has 1 aromatic rings. The van der Waals surface area contributed by atoms with E-state index in [2.05, 4.69) is 0 Å². The van der Waals surface area contributed by atoms with E-state index in [1.54, 1.807) is 30.3 Å². The van der Waals surface area contributed by atoms with E-state index in [9.17, 15) is 29.1 Å². The smallest absolute Gasteiger partial charge is 0.338 e. The van der Waals surface area contributed by atoms with Gasteiger partial charge in [-0.3, -0.25) is 9.59 Å². The Morgan fingerprint density at radius 2 is 1.70 bits per heavy atom. The summed E-state index contributed by atoms with van der Waals surface area (Å²) in [5.41, 5.74) is -3.66. The average Bonchev–Trinajstić information content (AvgIpc) is 3.01. The predicted octanol–water partition coefficient (Wildman–Crippen LogP) is 5.47. The Labute approximate surface area is 274 Å². The summed E-state index contributed by atoms with van der Waals surface area (Å²) in [5, 5.41) is 24.2. The Kier molecular flexibility index (Phi) is 10.4. The second-order valence-corrected chi connectivity index (χ2v) is 16.8. The van der Waals surface area contributed by atoms with Crippen molar-refractivity contribution in [2.45, 2.75) is 123 Å². The maximum Gasteiger partial charge on any atom is 0.338 e. The Hall–Kier alpha value is -2.53. The number of ketones is 1. The first-order valence-corrected chi connectivity index (χ1v) is 18.5. The third-order valence-electron chi connectivity index (χ3n) is 11.7. The van der Waals surface area contributed by atoms with Crippen LogP contribution in [0, 0.1) is 28.6 Å². The van der Waals surface area contributed by atoms with Gasteiger partial charge in [-0.05, 0) is 54.6 Å². The van der Waals surface area contributed by atoms with Gasteiger partial charge in [-0.2, -0.15) is 0 Å². The molecule has 5 rings (SSSR count). The Morgan fingerprint density at radius 3 is 2.17 bits per heavy atom. The highest BCUT2D eigenvalue weighted by Crippen LogP contribution is 2.66. The lowest BCUT2D eigenvalue weighted by molar-refractivity contribution is -0.341. The first kappa shape index (κ1) is 36.3. The summed E-state index contributed by atoms with van der Waals surface area (Å²) >= 11 is 0. The lowest BCUT2D eigenvalue weighted by atomic mass is 9.42. The van der Waals surface area contributed by atoms with E-state index in [1.807, 2.05) is 55.4 Å². The molecule has 10 heteroatoms. The fourth-order valence-corrected chi connectivity index (χ4v) is 9.64. The summed E-state index contributed by atoms with van der Waals surface area (Å²) in [4.78, 5) is 41.2. The third-order valence-corrected chi connectivity index (χ3v) is 13.3. The highest BCUT2D eigenvalue weighted by molar-refractivity contribution is 6.42. The van der Waals surface area contributed by atoms with Gasteiger partial charge in [0.1, 0.15) is 23.6 Å². The summed E-state index contributed by atoms with van der Waals surface area (Å²) in [5.74, 6) is -2.99. The van der Waals surface area contributed by atoms with Crippen LogP contribution in [0.5, 0.6) is 0 Å². The molecule has 0 radical (unpaired) electrons. The summed E-state index contributed by atoms with van der Waals surface area (Å²) in [6, 6.07) is 10.2. The van der Waals surface area contributed by atoms with E-state index in [0.717, 1.165) is 12.1 Å². The largest absolute Gasteiger partial charge is 0.455 e. The van der Waals surface area contributed by atoms with E-state index in [4.69, 9.17) is 14.2 Å². The SMILES string of the molecule is CC[C@H]1C[C@H]2OC[C@@]2(OC(C)=O)[C@H]2[C@H](OC(=O)c3ccccc3)[C@]3(O)C[C@H](O)C(C)=C([C@@H](C)C(=O)[C@]12C)C3(C)C.CC[Si](=O)CC. The number of esters is 2. The molecule has 0 aromatic heterocycles. The maximum atomic E-state index is 14.9. The van der Waals surface area contributed by atoms with Crippen LogP contribution in [0.1, 0.15) is 91.9 Å². The van der Waals surface area contributed by atoms with Crippen molar-refractivity contribution in [3.8, 4) is 0 Å². The van der Waals surface area contributed by atoms with Crippen molar-refractivity contribution >= 4 is 26.4 Å². The first-order chi connectivity index (χ1) is 21.5. The number of Topliss-reactive ketones (excluding diaryl/α,β-unsaturated/α-hetero) is 1. The molecule has 3 aliphatic carbocycles. The quantitative estimate of drug-likeness (QED) is 0.232. The lowest BCUT2D eigenvalue weighted by Gasteiger charge is -2.68. The number of rotatable bonds is 6. The molecule has 46 heavy (non-hydrogen) atoms. The molecule has 1 heterocycles. The number of carbonyl (C=O) groups is 3. The van der Waals surface area contributed by atoms with Crippen molar-refractivity contribution in [3.05, 3.63) is 47.0 Å². The fourth-order valence-electron chi connectivity index (χ4n) is 9.14. The van der Waals surface area contributed by atoms with E-state index in [1.165, 1.54) is 6.92 Å². The van der Waals surface area contributed by atoms with Crippen LogP contribution in [0.25, 0.3) is 0 Å². The van der Waals surface area contributed by atoms with Crippen molar-refractivity contribution in [2.24, 2.45) is 28.6 Å². The zero-order chi connectivity index (χ0) is 34.4. The number of aliphatic hydroxyl groups excluding tert-OH is 1. The molecule has 2 N–H and O–H groups in total. The summed E-state index contributed by atoms with van der Waals surface area (Å²) in [7, 11) is -1.12. The fraction of sp³-hybridized carbons (Fsp3) is 0.694. The van der Waals surface area contributed by atoms with Crippen LogP contribution in [0.3, 0.4) is 0 Å². The average molecular weight is 657 g/mol. The standard InChI is InChI=1S/C32H42O8.C4H10OSi/c1-8-21-14-23-31(16-38-23,40-19(4)33)25-27(39-28(36)20-12-10-9-11-13-20)32(37)15-22(34)17(2)24(29(32,5)6)18(3)26(35)30(21,25)7;1-3-6(5)4-2/h9-13,18,21-23,25,27,34,37H,8,14-16H2,1-7H3;3-4H2,1-2H3/t18-,21+,22+,23-,25+,27+,30-,31+,32-;/m1./s1. The zero-order valence-corrected chi connectivity index (χ0v) is 29.8. The van der Waals surface area contributed by atoms with Gasteiger partial charge >= 0.3 is 11.9 Å². The molecule has 2 bridgehead atoms. The van der Waals surface area contributed by atoms with Crippen molar-refractivity contribution in [2.75, 3.05) is 6.61 Å². The van der Waals surface area contributed by atoms with Gasteiger partial charge < -0.3 is 28.9 Å². The molecule has 2 saturated carbocycles. The molecule has 9 nitrogen and oxygen atoms in total. The van der Waals surface area contributed by atoms with E-state index in [0.29, 0.717) is 29.6 Å². The van der Waals surface area contributed by atoms with Crippen molar-refractivity contribution in [3.63, 3.8) is 0 Å². The Balaban J connectivity index is 0.000000731. The number of ether oxygens (including phenoxy) is 3. The molecule has 254 valence electrons. The Morgan fingerprint density at radius 1 is 1.09 bits per heavy atom. The number of carbonyl (C=O) groups excluding carboxylic acids is 3. The number of hydrogen-bond donors (Lipinski definition) is 2. The van der Waals surface area contributed by atoms with Gasteiger partial charge in [-0.25, -0.2) is 4.79 Å². The maximum absolute atomic E-state index is 14.9. The first-order valence-electron chi connectivity index (χ1n) is 16.7.